The third kappa shape index (κ3) is 2.32. The van der Waals surface area contributed by atoms with Crippen molar-refractivity contribution in [2.24, 2.45) is 0 Å². The van der Waals surface area contributed by atoms with Crippen molar-refractivity contribution in [1.82, 2.24) is 0 Å². The molecule has 1 unspecified atom stereocenters. The van der Waals surface area contributed by atoms with E-state index >= 15 is 0 Å². The van der Waals surface area contributed by atoms with Gasteiger partial charge in [0.1, 0.15) is 13.2 Å². The molecule has 0 radical (unpaired) electrons. The quantitative estimate of drug-likeness (QED) is 0.587. The molecule has 0 N–H and O–H groups in total. The van der Waals surface area contributed by atoms with Gasteiger partial charge in [0.15, 0.2) is 11.5 Å². The molecule has 0 saturated carbocycles. The maximum atomic E-state index is 5.68. The first-order valence-electron chi connectivity index (χ1n) is 6.83. The van der Waals surface area contributed by atoms with Crippen molar-refractivity contribution in [1.29, 1.82) is 0 Å². The second kappa shape index (κ2) is 5.35. The molecule has 4 rings (SSSR count). The molecule has 1 aromatic heterocycles. The van der Waals surface area contributed by atoms with E-state index < -0.39 is 0 Å². The fraction of sp³-hybridized carbons (Fsp3) is 0.176. The average Bonchev–Trinajstić information content (AvgIpc) is 2.98. The van der Waals surface area contributed by atoms with Gasteiger partial charge in [0.05, 0.1) is 4.83 Å². The van der Waals surface area contributed by atoms with Crippen LogP contribution in [-0.4, -0.2) is 13.2 Å². The monoisotopic (exact) mass is 360 g/mol. The Labute approximate surface area is 135 Å². The van der Waals surface area contributed by atoms with Gasteiger partial charge in [-0.25, -0.2) is 0 Å². The van der Waals surface area contributed by atoms with E-state index in [0.717, 1.165) is 11.5 Å². The number of halogens is 1. The molecular formula is C17H13BrO2S. The number of rotatable bonds is 2. The van der Waals surface area contributed by atoms with E-state index in [1.807, 2.05) is 6.07 Å². The number of thiophene rings is 1. The van der Waals surface area contributed by atoms with Crippen LogP contribution in [0.1, 0.15) is 16.0 Å². The molecule has 1 aliphatic heterocycles. The van der Waals surface area contributed by atoms with Crippen LogP contribution in [0.3, 0.4) is 0 Å². The predicted octanol–water partition coefficient (Wildman–Crippen LogP) is 5.16. The zero-order chi connectivity index (χ0) is 14.2. The topological polar surface area (TPSA) is 18.5 Å². The van der Waals surface area contributed by atoms with Crippen LogP contribution in [0.4, 0.5) is 0 Å². The zero-order valence-electron chi connectivity index (χ0n) is 11.2. The van der Waals surface area contributed by atoms with Crippen LogP contribution >= 0.6 is 27.3 Å². The molecule has 3 aromatic rings. The Morgan fingerprint density at radius 2 is 1.81 bits per heavy atom. The molecule has 0 saturated heterocycles. The minimum atomic E-state index is 0.157. The minimum absolute atomic E-state index is 0.157. The molecule has 106 valence electrons. The van der Waals surface area contributed by atoms with Gasteiger partial charge >= 0.3 is 0 Å². The molecular weight excluding hydrogens is 348 g/mol. The Hall–Kier alpha value is -1.52. The van der Waals surface area contributed by atoms with Gasteiger partial charge in [0.2, 0.25) is 0 Å². The molecule has 0 bridgehead atoms. The predicted molar refractivity (Wildman–Crippen MR) is 90.0 cm³/mol. The fourth-order valence-electron chi connectivity index (χ4n) is 2.59. The number of hydrogen-bond donors (Lipinski definition) is 0. The summed E-state index contributed by atoms with van der Waals surface area (Å²) < 4.78 is 12.6. The van der Waals surface area contributed by atoms with E-state index in [0.29, 0.717) is 13.2 Å². The summed E-state index contributed by atoms with van der Waals surface area (Å²) in [6, 6.07) is 14.7. The second-order valence-electron chi connectivity index (χ2n) is 4.95. The first-order chi connectivity index (χ1) is 10.3. The Morgan fingerprint density at radius 1 is 1.00 bits per heavy atom. The second-order valence-corrected chi connectivity index (χ2v) is 6.78. The van der Waals surface area contributed by atoms with Crippen molar-refractivity contribution in [2.75, 3.05) is 13.2 Å². The summed E-state index contributed by atoms with van der Waals surface area (Å²) in [4.78, 5) is 0.157. The summed E-state index contributed by atoms with van der Waals surface area (Å²) in [6.45, 7) is 1.24. The third-order valence-electron chi connectivity index (χ3n) is 3.64. The number of fused-ring (bicyclic) bond motifs is 2. The van der Waals surface area contributed by atoms with Gasteiger partial charge in [-0.05, 0) is 40.1 Å². The highest BCUT2D eigenvalue weighted by atomic mass is 79.9. The first-order valence-corrected chi connectivity index (χ1v) is 8.62. The normalized spacial score (nSPS) is 15.1. The van der Waals surface area contributed by atoms with Gasteiger partial charge in [-0.15, -0.1) is 11.3 Å². The van der Waals surface area contributed by atoms with Crippen molar-refractivity contribution in [2.45, 2.75) is 4.83 Å². The Morgan fingerprint density at radius 3 is 2.71 bits per heavy atom. The number of hydrogen-bond acceptors (Lipinski definition) is 3. The molecule has 4 heteroatoms. The number of alkyl halides is 1. The van der Waals surface area contributed by atoms with Crippen LogP contribution in [0.2, 0.25) is 0 Å². The van der Waals surface area contributed by atoms with E-state index in [1.54, 1.807) is 11.3 Å². The Kier molecular flexibility index (Phi) is 3.36. The summed E-state index contributed by atoms with van der Waals surface area (Å²) in [5.41, 5.74) is 2.48. The maximum absolute atomic E-state index is 5.68. The third-order valence-corrected chi connectivity index (χ3v) is 5.65. The summed E-state index contributed by atoms with van der Waals surface area (Å²) in [5.74, 6) is 1.67. The lowest BCUT2D eigenvalue weighted by molar-refractivity contribution is 0.171. The lowest BCUT2D eigenvalue weighted by Gasteiger charge is -2.20. The van der Waals surface area contributed by atoms with Crippen LogP contribution < -0.4 is 9.47 Å². The van der Waals surface area contributed by atoms with Gasteiger partial charge in [-0.1, -0.05) is 40.2 Å². The van der Waals surface area contributed by atoms with E-state index in [1.165, 1.54) is 21.2 Å². The van der Waals surface area contributed by atoms with E-state index in [2.05, 4.69) is 57.7 Å². The molecule has 0 aliphatic carbocycles. The van der Waals surface area contributed by atoms with Crippen molar-refractivity contribution >= 4 is 37.4 Å². The van der Waals surface area contributed by atoms with Gasteiger partial charge in [-0.2, -0.15) is 0 Å². The first kappa shape index (κ1) is 13.2. The van der Waals surface area contributed by atoms with Gasteiger partial charge < -0.3 is 9.47 Å². The lowest BCUT2D eigenvalue weighted by atomic mass is 10.0. The zero-order valence-corrected chi connectivity index (χ0v) is 13.6. The molecule has 1 aliphatic rings. The van der Waals surface area contributed by atoms with Crippen LogP contribution in [0.15, 0.2) is 47.8 Å². The van der Waals surface area contributed by atoms with Crippen LogP contribution in [0, 0.1) is 0 Å². The summed E-state index contributed by atoms with van der Waals surface area (Å²) >= 11 is 5.61. The lowest BCUT2D eigenvalue weighted by Crippen LogP contribution is -2.15. The van der Waals surface area contributed by atoms with Crippen LogP contribution in [-0.2, 0) is 0 Å². The number of ether oxygens (including phenoxy) is 2. The highest BCUT2D eigenvalue weighted by molar-refractivity contribution is 9.09. The average molecular weight is 361 g/mol. The van der Waals surface area contributed by atoms with Crippen LogP contribution in [0.5, 0.6) is 11.5 Å². The SMILES string of the molecule is BrC(c1ccc2c(c1)OCCO2)c1csc2ccccc12. The van der Waals surface area contributed by atoms with E-state index in [4.69, 9.17) is 9.47 Å². The Balaban J connectivity index is 1.75. The van der Waals surface area contributed by atoms with Crippen molar-refractivity contribution < 1.29 is 9.47 Å². The minimum Gasteiger partial charge on any atom is -0.486 e. The van der Waals surface area contributed by atoms with Gasteiger partial charge in [-0.3, -0.25) is 0 Å². The van der Waals surface area contributed by atoms with Crippen molar-refractivity contribution in [3.8, 4) is 11.5 Å². The number of benzene rings is 2. The Bertz CT molecular complexity index is 796. The fourth-order valence-corrected chi connectivity index (χ4v) is 4.42. The molecule has 2 nitrogen and oxygen atoms in total. The molecule has 0 spiro atoms. The van der Waals surface area contributed by atoms with Crippen molar-refractivity contribution in [3.05, 3.63) is 59.0 Å². The van der Waals surface area contributed by atoms with Gasteiger partial charge in [0.25, 0.3) is 0 Å². The highest BCUT2D eigenvalue weighted by Gasteiger charge is 2.18. The summed E-state index contributed by atoms with van der Waals surface area (Å²) in [6.07, 6.45) is 0. The van der Waals surface area contributed by atoms with E-state index in [9.17, 15) is 0 Å². The smallest absolute Gasteiger partial charge is 0.161 e. The maximum Gasteiger partial charge on any atom is 0.161 e. The molecule has 21 heavy (non-hydrogen) atoms. The largest absolute Gasteiger partial charge is 0.486 e. The summed E-state index contributed by atoms with van der Waals surface area (Å²) in [7, 11) is 0. The molecule has 0 fully saturated rings. The van der Waals surface area contributed by atoms with Crippen molar-refractivity contribution in [3.63, 3.8) is 0 Å². The van der Waals surface area contributed by atoms with Crippen LogP contribution in [0.25, 0.3) is 10.1 Å². The molecule has 1 atom stereocenters. The molecule has 2 aromatic carbocycles. The van der Waals surface area contributed by atoms with Gasteiger partial charge in [0, 0.05) is 4.70 Å². The highest BCUT2D eigenvalue weighted by Crippen LogP contribution is 2.41. The summed E-state index contributed by atoms with van der Waals surface area (Å²) in [5, 5.41) is 3.53. The standard InChI is InChI=1S/C17H13BrO2S/c18-17(13-10-21-16-4-2-1-3-12(13)16)11-5-6-14-15(9-11)20-8-7-19-14/h1-6,9-10,17H,7-8H2. The molecule has 2 heterocycles. The molecule has 0 amide bonds. The van der Waals surface area contributed by atoms with E-state index in [-0.39, 0.29) is 4.83 Å².